The predicted molar refractivity (Wildman–Crippen MR) is 83.3 cm³/mol. The highest BCUT2D eigenvalue weighted by Crippen LogP contribution is 2.24. The van der Waals surface area contributed by atoms with E-state index >= 15 is 0 Å². The smallest absolute Gasteiger partial charge is 0.0983 e. The van der Waals surface area contributed by atoms with Crippen LogP contribution in [0.3, 0.4) is 0 Å². The molecule has 3 rings (SSSR count). The normalized spacial score (nSPS) is 16.8. The number of rotatable bonds is 3. The summed E-state index contributed by atoms with van der Waals surface area (Å²) < 4.78 is 1.88. The minimum absolute atomic E-state index is 0.452. The van der Waals surface area contributed by atoms with Gasteiger partial charge in [-0.05, 0) is 38.1 Å². The molecule has 21 heavy (non-hydrogen) atoms. The molecule has 1 saturated heterocycles. The summed E-state index contributed by atoms with van der Waals surface area (Å²) in [6.45, 7) is 3.06. The Morgan fingerprint density at radius 1 is 1.38 bits per heavy atom. The number of pyridine rings is 1. The average Bonchev–Trinajstić information content (AvgIpc) is 2.89. The van der Waals surface area contributed by atoms with Crippen LogP contribution >= 0.6 is 0 Å². The van der Waals surface area contributed by atoms with E-state index < -0.39 is 0 Å². The van der Waals surface area contributed by atoms with Gasteiger partial charge in [0.15, 0.2) is 0 Å². The van der Waals surface area contributed by atoms with Gasteiger partial charge in [0.05, 0.1) is 5.69 Å². The highest BCUT2D eigenvalue weighted by molar-refractivity contribution is 5.61. The SMILES string of the molecule is C#CC1CCN(Cc2cn(C)nc2-c2cccnc2)CC1. The van der Waals surface area contributed by atoms with Crippen LogP contribution in [-0.2, 0) is 13.6 Å². The summed E-state index contributed by atoms with van der Waals surface area (Å²) in [5.41, 5.74) is 3.36. The molecular weight excluding hydrogens is 260 g/mol. The summed E-state index contributed by atoms with van der Waals surface area (Å²) in [5, 5.41) is 4.60. The fraction of sp³-hybridized carbons (Fsp3) is 0.412. The number of nitrogens with zero attached hydrogens (tertiary/aromatic N) is 4. The first kappa shape index (κ1) is 13.8. The third-order valence-corrected chi connectivity index (χ3v) is 4.06. The van der Waals surface area contributed by atoms with E-state index in [0.29, 0.717) is 5.92 Å². The topological polar surface area (TPSA) is 34.0 Å². The molecule has 3 heterocycles. The van der Waals surface area contributed by atoms with Crippen LogP contribution in [0, 0.1) is 18.3 Å². The van der Waals surface area contributed by atoms with Gasteiger partial charge in [-0.15, -0.1) is 12.3 Å². The maximum Gasteiger partial charge on any atom is 0.0983 e. The van der Waals surface area contributed by atoms with Crippen LogP contribution in [0.15, 0.2) is 30.7 Å². The first-order valence-electron chi connectivity index (χ1n) is 7.37. The summed E-state index contributed by atoms with van der Waals surface area (Å²) >= 11 is 0. The molecule has 0 saturated carbocycles. The molecule has 0 aliphatic carbocycles. The van der Waals surface area contributed by atoms with Gasteiger partial charge >= 0.3 is 0 Å². The lowest BCUT2D eigenvalue weighted by atomic mass is 9.97. The van der Waals surface area contributed by atoms with Gasteiger partial charge in [0, 0.05) is 49.2 Å². The van der Waals surface area contributed by atoms with Crippen molar-refractivity contribution >= 4 is 0 Å². The van der Waals surface area contributed by atoms with E-state index in [1.165, 1.54) is 5.56 Å². The van der Waals surface area contributed by atoms with Crippen molar-refractivity contribution in [1.82, 2.24) is 19.7 Å². The van der Waals surface area contributed by atoms with Crippen molar-refractivity contribution in [3.05, 3.63) is 36.3 Å². The Morgan fingerprint density at radius 3 is 2.86 bits per heavy atom. The van der Waals surface area contributed by atoms with E-state index in [2.05, 4.69) is 33.2 Å². The molecule has 0 unspecified atom stereocenters. The summed E-state index contributed by atoms with van der Waals surface area (Å²) in [4.78, 5) is 6.66. The van der Waals surface area contributed by atoms with Crippen molar-refractivity contribution in [3.8, 4) is 23.6 Å². The molecule has 1 fully saturated rings. The van der Waals surface area contributed by atoms with Gasteiger partial charge in [-0.2, -0.15) is 5.10 Å². The third kappa shape index (κ3) is 3.14. The van der Waals surface area contributed by atoms with Crippen molar-refractivity contribution in [2.24, 2.45) is 13.0 Å². The summed E-state index contributed by atoms with van der Waals surface area (Å²) in [6.07, 6.45) is 13.5. The fourth-order valence-electron chi connectivity index (χ4n) is 2.90. The quantitative estimate of drug-likeness (QED) is 0.809. The van der Waals surface area contributed by atoms with Gasteiger partial charge in [-0.3, -0.25) is 14.6 Å². The second-order valence-electron chi connectivity index (χ2n) is 5.64. The minimum Gasteiger partial charge on any atom is -0.299 e. The van der Waals surface area contributed by atoms with Crippen LogP contribution in [-0.4, -0.2) is 32.8 Å². The molecule has 0 atom stereocenters. The summed E-state index contributed by atoms with van der Waals surface area (Å²) in [5.74, 6) is 3.33. The zero-order chi connectivity index (χ0) is 14.7. The van der Waals surface area contributed by atoms with Crippen LogP contribution in [0.2, 0.25) is 0 Å². The molecule has 108 valence electrons. The standard InChI is InChI=1S/C17H20N4/c1-3-14-6-9-21(10-7-14)13-16-12-20(2)19-17(16)15-5-4-8-18-11-15/h1,4-5,8,11-12,14H,6-7,9-10,13H2,2H3. The Hall–Kier alpha value is -2.12. The summed E-state index contributed by atoms with van der Waals surface area (Å²) in [6, 6.07) is 4.01. The Balaban J connectivity index is 1.76. The Morgan fingerprint density at radius 2 is 2.19 bits per heavy atom. The number of likely N-dealkylation sites (tertiary alicyclic amines) is 1. The first-order chi connectivity index (χ1) is 10.3. The molecular formula is C17H20N4. The van der Waals surface area contributed by atoms with E-state index in [9.17, 15) is 0 Å². The Bertz CT molecular complexity index is 631. The second-order valence-corrected chi connectivity index (χ2v) is 5.64. The summed E-state index contributed by atoms with van der Waals surface area (Å²) in [7, 11) is 1.97. The molecule has 0 amide bonds. The minimum atomic E-state index is 0.452. The largest absolute Gasteiger partial charge is 0.299 e. The van der Waals surface area contributed by atoms with Gasteiger partial charge in [0.25, 0.3) is 0 Å². The van der Waals surface area contributed by atoms with E-state index in [4.69, 9.17) is 6.42 Å². The van der Waals surface area contributed by atoms with Crippen molar-refractivity contribution < 1.29 is 0 Å². The van der Waals surface area contributed by atoms with Gasteiger partial charge < -0.3 is 0 Å². The molecule has 4 nitrogen and oxygen atoms in total. The van der Waals surface area contributed by atoms with Crippen LogP contribution < -0.4 is 0 Å². The molecule has 0 bridgehead atoms. The molecule has 1 aliphatic rings. The Kier molecular flexibility index (Phi) is 4.03. The molecule has 1 aliphatic heterocycles. The lowest BCUT2D eigenvalue weighted by molar-refractivity contribution is 0.199. The van der Waals surface area contributed by atoms with E-state index in [0.717, 1.165) is 43.7 Å². The number of terminal acetylenes is 1. The molecule has 0 N–H and O–H groups in total. The van der Waals surface area contributed by atoms with Crippen molar-refractivity contribution in [1.29, 1.82) is 0 Å². The third-order valence-electron chi connectivity index (χ3n) is 4.06. The fourth-order valence-corrected chi connectivity index (χ4v) is 2.90. The highest BCUT2D eigenvalue weighted by Gasteiger charge is 2.19. The second kappa shape index (κ2) is 6.11. The maximum absolute atomic E-state index is 5.52. The number of aryl methyl sites for hydroxylation is 1. The van der Waals surface area contributed by atoms with Crippen LogP contribution in [0.4, 0.5) is 0 Å². The molecule has 0 aromatic carbocycles. The van der Waals surface area contributed by atoms with Gasteiger partial charge in [0.1, 0.15) is 0 Å². The molecule has 4 heteroatoms. The monoisotopic (exact) mass is 280 g/mol. The van der Waals surface area contributed by atoms with E-state index in [1.54, 1.807) is 6.20 Å². The lowest BCUT2D eigenvalue weighted by Crippen LogP contribution is -2.32. The zero-order valence-electron chi connectivity index (χ0n) is 12.4. The van der Waals surface area contributed by atoms with Crippen molar-refractivity contribution in [2.75, 3.05) is 13.1 Å². The molecule has 2 aromatic rings. The predicted octanol–water partition coefficient (Wildman–Crippen LogP) is 2.33. The maximum atomic E-state index is 5.52. The van der Waals surface area contributed by atoms with Gasteiger partial charge in [-0.25, -0.2) is 0 Å². The average molecular weight is 280 g/mol. The first-order valence-corrected chi connectivity index (χ1v) is 7.37. The number of piperidine rings is 1. The molecule has 2 aromatic heterocycles. The van der Waals surface area contributed by atoms with E-state index in [1.807, 2.05) is 24.0 Å². The Labute approximate surface area is 125 Å². The van der Waals surface area contributed by atoms with E-state index in [-0.39, 0.29) is 0 Å². The number of aromatic nitrogens is 3. The zero-order valence-corrected chi connectivity index (χ0v) is 12.4. The van der Waals surface area contributed by atoms with Gasteiger partial charge in [0.2, 0.25) is 0 Å². The lowest BCUT2D eigenvalue weighted by Gasteiger charge is -2.29. The van der Waals surface area contributed by atoms with Crippen LogP contribution in [0.5, 0.6) is 0 Å². The highest BCUT2D eigenvalue weighted by atomic mass is 15.3. The number of hydrogen-bond donors (Lipinski definition) is 0. The van der Waals surface area contributed by atoms with Crippen molar-refractivity contribution in [3.63, 3.8) is 0 Å². The molecule has 0 radical (unpaired) electrons. The van der Waals surface area contributed by atoms with Gasteiger partial charge in [-0.1, -0.05) is 0 Å². The van der Waals surface area contributed by atoms with Crippen LogP contribution in [0.25, 0.3) is 11.3 Å². The van der Waals surface area contributed by atoms with Crippen molar-refractivity contribution in [2.45, 2.75) is 19.4 Å². The van der Waals surface area contributed by atoms with Crippen LogP contribution in [0.1, 0.15) is 18.4 Å². The molecule has 0 spiro atoms. The number of hydrogen-bond acceptors (Lipinski definition) is 3.